The van der Waals surface area contributed by atoms with Crippen molar-refractivity contribution in [2.45, 2.75) is 30.4 Å². The summed E-state index contributed by atoms with van der Waals surface area (Å²) in [6.07, 6.45) is 2.20. The van der Waals surface area contributed by atoms with Crippen molar-refractivity contribution in [3.8, 4) is 0 Å². The van der Waals surface area contributed by atoms with Crippen LogP contribution in [0.25, 0.3) is 0 Å². The Kier molecular flexibility index (Phi) is 10.5. The van der Waals surface area contributed by atoms with Crippen LogP contribution in [0.5, 0.6) is 0 Å². The third kappa shape index (κ3) is 6.79. The molecule has 5 nitrogen and oxygen atoms in total. The van der Waals surface area contributed by atoms with Gasteiger partial charge in [-0.2, -0.15) is 0 Å². The van der Waals surface area contributed by atoms with Gasteiger partial charge in [0.15, 0.2) is 11.6 Å². The molecule has 2 N–H and O–H groups in total. The number of hydrogen-bond acceptors (Lipinski definition) is 4. The van der Waals surface area contributed by atoms with Gasteiger partial charge in [-0.3, -0.25) is 4.79 Å². The van der Waals surface area contributed by atoms with Crippen molar-refractivity contribution in [3.63, 3.8) is 0 Å². The number of carbonyl (C=O) groups excluding carboxylic acids is 1. The van der Waals surface area contributed by atoms with E-state index in [1.807, 2.05) is 36.4 Å². The second-order valence-electron chi connectivity index (χ2n) is 10.2. The highest BCUT2D eigenvalue weighted by Gasteiger charge is 2.41. The molecule has 0 aliphatic carbocycles. The number of ether oxygens (including phenoxy) is 1. The molecule has 0 aromatic heterocycles. The smallest absolute Gasteiger partial charge is 0.254 e. The quantitative estimate of drug-likeness (QED) is 0.419. The number of nitrogens with zero attached hydrogens (tertiary/aromatic N) is 2. The molecule has 39 heavy (non-hydrogen) atoms. The molecule has 0 saturated carbocycles. The Hall–Kier alpha value is -2.55. The monoisotopic (exact) mass is 577 g/mol. The zero-order chi connectivity index (χ0) is 25.9. The van der Waals surface area contributed by atoms with Gasteiger partial charge < -0.3 is 20.3 Å². The maximum Gasteiger partial charge on any atom is 0.254 e. The lowest BCUT2D eigenvalue weighted by Crippen LogP contribution is -2.54. The van der Waals surface area contributed by atoms with E-state index in [4.69, 9.17) is 10.5 Å². The maximum absolute atomic E-state index is 14.3. The van der Waals surface area contributed by atoms with E-state index < -0.39 is 17.2 Å². The lowest BCUT2D eigenvalue weighted by Gasteiger charge is -2.45. The molecule has 2 aliphatic heterocycles. The number of halogens is 4. The normalized spacial score (nSPS) is 20.9. The molecule has 3 aromatic rings. The first kappa shape index (κ1) is 31.0. The number of morpholine rings is 1. The molecule has 2 heterocycles. The summed E-state index contributed by atoms with van der Waals surface area (Å²) in [6, 6.07) is 23.2. The Morgan fingerprint density at radius 3 is 2.13 bits per heavy atom. The largest absolute Gasteiger partial charge is 0.367 e. The molecule has 9 heteroatoms. The summed E-state index contributed by atoms with van der Waals surface area (Å²) in [4.78, 5) is 17.4. The van der Waals surface area contributed by atoms with Gasteiger partial charge in [-0.15, -0.1) is 24.8 Å². The summed E-state index contributed by atoms with van der Waals surface area (Å²) >= 11 is 0. The molecule has 1 unspecified atom stereocenters. The van der Waals surface area contributed by atoms with Crippen LogP contribution in [0.15, 0.2) is 78.9 Å². The van der Waals surface area contributed by atoms with Crippen LogP contribution in [-0.4, -0.2) is 55.0 Å². The third-order valence-electron chi connectivity index (χ3n) is 7.87. The Bertz CT molecular complexity index is 1230. The standard InChI is InChI=1S/C30H33F2N3O2.2ClH/c31-26-12-11-25(21-27(26)32)30(22-35(19-20-37-30)28(36)23-7-3-1-4-8-23)15-18-34-16-13-29(33,14-17-34)24-9-5-2-6-10-24;;/h1-12,21H,13-20,22,33H2;2*1H. The average molecular weight is 579 g/mol. The zero-order valence-corrected chi connectivity index (χ0v) is 23.4. The highest BCUT2D eigenvalue weighted by atomic mass is 35.5. The van der Waals surface area contributed by atoms with Crippen molar-refractivity contribution in [1.82, 2.24) is 9.80 Å². The predicted octanol–water partition coefficient (Wildman–Crippen LogP) is 5.52. The Morgan fingerprint density at radius 2 is 1.49 bits per heavy atom. The Balaban J connectivity index is 0.00000210. The first-order chi connectivity index (χ1) is 17.9. The summed E-state index contributed by atoms with van der Waals surface area (Å²) in [5.74, 6) is -1.91. The van der Waals surface area contributed by atoms with Gasteiger partial charge in [0.05, 0.1) is 13.2 Å². The van der Waals surface area contributed by atoms with E-state index in [0.29, 0.717) is 37.2 Å². The summed E-state index contributed by atoms with van der Waals surface area (Å²) < 4.78 is 34.5. The molecular weight excluding hydrogens is 543 g/mol. The minimum atomic E-state index is -0.937. The third-order valence-corrected chi connectivity index (χ3v) is 7.87. The van der Waals surface area contributed by atoms with Crippen LogP contribution in [-0.2, 0) is 15.9 Å². The van der Waals surface area contributed by atoms with Crippen LogP contribution >= 0.6 is 24.8 Å². The summed E-state index contributed by atoms with van der Waals surface area (Å²) in [5, 5.41) is 0. The zero-order valence-electron chi connectivity index (χ0n) is 21.7. The van der Waals surface area contributed by atoms with Crippen LogP contribution in [0.2, 0.25) is 0 Å². The van der Waals surface area contributed by atoms with Crippen molar-refractivity contribution < 1.29 is 18.3 Å². The van der Waals surface area contributed by atoms with E-state index in [0.717, 1.165) is 37.6 Å². The summed E-state index contributed by atoms with van der Waals surface area (Å²) in [6.45, 7) is 3.37. The fourth-order valence-electron chi connectivity index (χ4n) is 5.54. The minimum absolute atomic E-state index is 0. The van der Waals surface area contributed by atoms with Crippen LogP contribution in [0.1, 0.15) is 40.7 Å². The van der Waals surface area contributed by atoms with Crippen molar-refractivity contribution in [2.75, 3.05) is 39.3 Å². The molecule has 0 radical (unpaired) electrons. The van der Waals surface area contributed by atoms with Crippen molar-refractivity contribution in [1.29, 1.82) is 0 Å². The van der Waals surface area contributed by atoms with Crippen molar-refractivity contribution in [3.05, 3.63) is 107 Å². The number of piperidine rings is 1. The summed E-state index contributed by atoms with van der Waals surface area (Å²) in [5.41, 5.74) is 7.77. The van der Waals surface area contributed by atoms with Gasteiger partial charge in [-0.25, -0.2) is 8.78 Å². The van der Waals surface area contributed by atoms with E-state index in [2.05, 4.69) is 17.0 Å². The van der Waals surface area contributed by atoms with Crippen LogP contribution in [0.4, 0.5) is 8.78 Å². The van der Waals surface area contributed by atoms with Crippen LogP contribution in [0.3, 0.4) is 0 Å². The van der Waals surface area contributed by atoms with Gasteiger partial charge in [-0.1, -0.05) is 54.6 Å². The molecule has 1 atom stereocenters. The van der Waals surface area contributed by atoms with E-state index in [9.17, 15) is 13.6 Å². The Labute approximate surface area is 241 Å². The SMILES string of the molecule is Cl.Cl.NC1(c2ccccc2)CCN(CCC2(c3ccc(F)c(F)c3)CN(C(=O)c3ccccc3)CCO2)CC1. The molecule has 3 aromatic carbocycles. The molecule has 2 fully saturated rings. The number of benzene rings is 3. The predicted molar refractivity (Wildman–Crippen MR) is 153 cm³/mol. The van der Waals surface area contributed by atoms with Crippen LogP contribution in [0, 0.1) is 11.6 Å². The van der Waals surface area contributed by atoms with Gasteiger partial charge in [-0.05, 0) is 54.7 Å². The molecule has 210 valence electrons. The molecule has 1 amide bonds. The molecule has 2 saturated heterocycles. The second kappa shape index (κ2) is 13.2. The van der Waals surface area contributed by atoms with Gasteiger partial charge in [0.1, 0.15) is 5.60 Å². The lowest BCUT2D eigenvalue weighted by atomic mass is 9.81. The topological polar surface area (TPSA) is 58.8 Å². The highest BCUT2D eigenvalue weighted by molar-refractivity contribution is 5.94. The second-order valence-corrected chi connectivity index (χ2v) is 10.2. The fourth-order valence-corrected chi connectivity index (χ4v) is 5.54. The minimum Gasteiger partial charge on any atom is -0.367 e. The van der Waals surface area contributed by atoms with Gasteiger partial charge in [0, 0.05) is 37.3 Å². The number of rotatable bonds is 6. The highest BCUT2D eigenvalue weighted by Crippen LogP contribution is 2.36. The number of amides is 1. The van der Waals surface area contributed by atoms with E-state index >= 15 is 0 Å². The van der Waals surface area contributed by atoms with E-state index in [1.54, 1.807) is 23.1 Å². The average Bonchev–Trinajstić information content (AvgIpc) is 2.95. The molecule has 5 rings (SSSR count). The van der Waals surface area contributed by atoms with E-state index in [-0.39, 0.29) is 42.8 Å². The van der Waals surface area contributed by atoms with Crippen molar-refractivity contribution in [2.24, 2.45) is 5.73 Å². The van der Waals surface area contributed by atoms with Crippen molar-refractivity contribution >= 4 is 30.7 Å². The van der Waals surface area contributed by atoms with E-state index in [1.165, 1.54) is 6.07 Å². The number of carbonyl (C=O) groups is 1. The first-order valence-corrected chi connectivity index (χ1v) is 12.9. The number of nitrogens with two attached hydrogens (primary N) is 1. The van der Waals surface area contributed by atoms with Gasteiger partial charge in [0.25, 0.3) is 5.91 Å². The molecule has 0 bridgehead atoms. The fraction of sp³-hybridized carbons (Fsp3) is 0.367. The van der Waals surface area contributed by atoms with Crippen LogP contribution < -0.4 is 5.73 Å². The van der Waals surface area contributed by atoms with Gasteiger partial charge in [0.2, 0.25) is 0 Å². The summed E-state index contributed by atoms with van der Waals surface area (Å²) in [7, 11) is 0. The first-order valence-electron chi connectivity index (χ1n) is 12.9. The lowest BCUT2D eigenvalue weighted by molar-refractivity contribution is -0.114. The molecule has 0 spiro atoms. The Morgan fingerprint density at radius 1 is 0.846 bits per heavy atom. The number of likely N-dealkylation sites (tertiary alicyclic amines) is 1. The molecular formula is C30H35Cl2F2N3O2. The molecule has 2 aliphatic rings. The van der Waals surface area contributed by atoms with Gasteiger partial charge >= 0.3 is 0 Å². The number of hydrogen-bond donors (Lipinski definition) is 1. The maximum atomic E-state index is 14.3.